The summed E-state index contributed by atoms with van der Waals surface area (Å²) in [6, 6.07) is 18.1. The molecule has 1 fully saturated rings. The first-order valence-electron chi connectivity index (χ1n) is 11.9. The molecule has 1 aliphatic heterocycles. The molecule has 0 aromatic heterocycles. The molecule has 3 aromatic carbocycles. The number of hydrogen-bond donors (Lipinski definition) is 2. The van der Waals surface area contributed by atoms with Gasteiger partial charge in [-0.15, -0.1) is 0 Å². The first-order valence-corrected chi connectivity index (χ1v) is 11.9. The highest BCUT2D eigenvalue weighted by molar-refractivity contribution is 6.51. The summed E-state index contributed by atoms with van der Waals surface area (Å²) >= 11 is 0. The Morgan fingerprint density at radius 1 is 0.947 bits per heavy atom. The number of ketones is 1. The summed E-state index contributed by atoms with van der Waals surface area (Å²) < 4.78 is 0. The molecule has 4 rings (SSSR count). The zero-order valence-electron chi connectivity index (χ0n) is 21.4. The second-order valence-corrected chi connectivity index (χ2v) is 10.1. The standard InChI is InChI=1S/C29H27N3O6/c1-17(33)30-21-11-15-22(16-12-21)31-25(18-5-9-20(10-6-18)29(2,3)4)24(27(35)28(31)36)26(34)19-7-13-23(14-8-19)32(37)38/h5-16,25,34H,1-4H3,(H,30,33)/b26-24-. The molecule has 0 saturated carbocycles. The molecule has 9 nitrogen and oxygen atoms in total. The Morgan fingerprint density at radius 3 is 2.03 bits per heavy atom. The lowest BCUT2D eigenvalue weighted by Crippen LogP contribution is -2.29. The fourth-order valence-corrected chi connectivity index (χ4v) is 4.38. The van der Waals surface area contributed by atoms with Crippen LogP contribution in [-0.2, 0) is 19.8 Å². The van der Waals surface area contributed by atoms with Crippen molar-refractivity contribution in [2.75, 3.05) is 10.2 Å². The van der Waals surface area contributed by atoms with Crippen molar-refractivity contribution >= 4 is 40.4 Å². The van der Waals surface area contributed by atoms with Gasteiger partial charge in [0.05, 0.1) is 16.5 Å². The Hall–Kier alpha value is -4.79. The number of Topliss-reactive ketones (excluding diaryl/α,β-unsaturated/α-hetero) is 1. The molecule has 38 heavy (non-hydrogen) atoms. The summed E-state index contributed by atoms with van der Waals surface area (Å²) in [5, 5.41) is 24.9. The van der Waals surface area contributed by atoms with E-state index in [1.54, 1.807) is 24.3 Å². The van der Waals surface area contributed by atoms with Crippen LogP contribution in [0.4, 0.5) is 17.1 Å². The van der Waals surface area contributed by atoms with E-state index in [9.17, 15) is 29.6 Å². The number of nitrogens with one attached hydrogen (secondary N) is 1. The minimum Gasteiger partial charge on any atom is -0.507 e. The van der Waals surface area contributed by atoms with Crippen molar-refractivity contribution in [3.05, 3.63) is 105 Å². The number of nitro groups is 1. The molecule has 0 aliphatic carbocycles. The molecule has 1 unspecified atom stereocenters. The summed E-state index contributed by atoms with van der Waals surface area (Å²) in [6.45, 7) is 7.59. The van der Waals surface area contributed by atoms with Gasteiger partial charge in [0.2, 0.25) is 5.91 Å². The molecule has 1 saturated heterocycles. The number of rotatable bonds is 5. The lowest BCUT2D eigenvalue weighted by atomic mass is 9.85. The van der Waals surface area contributed by atoms with Gasteiger partial charge in [0.15, 0.2) is 0 Å². The van der Waals surface area contributed by atoms with Crippen molar-refractivity contribution < 1.29 is 24.4 Å². The van der Waals surface area contributed by atoms with E-state index in [-0.39, 0.29) is 28.1 Å². The summed E-state index contributed by atoms with van der Waals surface area (Å²) in [6.07, 6.45) is 0. The second kappa shape index (κ2) is 9.93. The summed E-state index contributed by atoms with van der Waals surface area (Å²) in [5.74, 6) is -2.39. The number of carbonyl (C=O) groups excluding carboxylic acids is 3. The van der Waals surface area contributed by atoms with Crippen molar-refractivity contribution in [1.29, 1.82) is 0 Å². The lowest BCUT2D eigenvalue weighted by Gasteiger charge is -2.26. The van der Waals surface area contributed by atoms with Crippen LogP contribution in [0.15, 0.2) is 78.4 Å². The molecular weight excluding hydrogens is 486 g/mol. The number of nitrogens with zero attached hydrogens (tertiary/aromatic N) is 2. The Bertz CT molecular complexity index is 1450. The Morgan fingerprint density at radius 2 is 1.53 bits per heavy atom. The van der Waals surface area contributed by atoms with Crippen molar-refractivity contribution in [1.82, 2.24) is 0 Å². The third-order valence-electron chi connectivity index (χ3n) is 6.35. The third-order valence-corrected chi connectivity index (χ3v) is 6.35. The van der Waals surface area contributed by atoms with Crippen molar-refractivity contribution in [2.24, 2.45) is 0 Å². The fourth-order valence-electron chi connectivity index (χ4n) is 4.38. The van der Waals surface area contributed by atoms with Crippen molar-refractivity contribution in [3.63, 3.8) is 0 Å². The number of aliphatic hydroxyl groups excluding tert-OH is 1. The van der Waals surface area contributed by atoms with E-state index in [0.29, 0.717) is 16.9 Å². The number of non-ortho nitro benzene ring substituents is 1. The highest BCUT2D eigenvalue weighted by Crippen LogP contribution is 2.43. The van der Waals surface area contributed by atoms with Crippen LogP contribution >= 0.6 is 0 Å². The zero-order chi connectivity index (χ0) is 27.8. The van der Waals surface area contributed by atoms with Crippen LogP contribution in [0.3, 0.4) is 0 Å². The maximum absolute atomic E-state index is 13.3. The van der Waals surface area contributed by atoms with Gasteiger partial charge in [0.1, 0.15) is 5.76 Å². The number of anilines is 2. The smallest absolute Gasteiger partial charge is 0.300 e. The van der Waals surface area contributed by atoms with Crippen LogP contribution in [-0.4, -0.2) is 27.6 Å². The molecule has 0 spiro atoms. The SMILES string of the molecule is CC(=O)Nc1ccc(N2C(=O)C(=O)/C(=C(\O)c3ccc([N+](=O)[O-])cc3)C2c2ccc(C(C)(C)C)cc2)cc1. The predicted octanol–water partition coefficient (Wildman–Crippen LogP) is 5.48. The molecule has 0 radical (unpaired) electrons. The molecule has 2 amide bonds. The topological polar surface area (TPSA) is 130 Å². The molecule has 1 atom stereocenters. The average molecular weight is 514 g/mol. The van der Waals surface area contributed by atoms with Gasteiger partial charge in [-0.3, -0.25) is 29.4 Å². The Kier molecular flexibility index (Phi) is 6.87. The molecule has 9 heteroatoms. The molecular formula is C29H27N3O6. The molecule has 2 N–H and O–H groups in total. The maximum Gasteiger partial charge on any atom is 0.300 e. The van der Waals surface area contributed by atoms with Crippen LogP contribution in [0, 0.1) is 10.1 Å². The largest absolute Gasteiger partial charge is 0.507 e. The van der Waals surface area contributed by atoms with E-state index in [4.69, 9.17) is 0 Å². The van der Waals surface area contributed by atoms with Crippen molar-refractivity contribution in [3.8, 4) is 0 Å². The quantitative estimate of drug-likeness (QED) is 0.153. The summed E-state index contributed by atoms with van der Waals surface area (Å²) in [7, 11) is 0. The number of carbonyl (C=O) groups is 3. The van der Waals surface area contributed by atoms with E-state index in [2.05, 4.69) is 26.1 Å². The maximum atomic E-state index is 13.3. The minimum absolute atomic E-state index is 0.126. The third kappa shape index (κ3) is 5.04. The van der Waals surface area contributed by atoms with E-state index < -0.39 is 28.4 Å². The van der Waals surface area contributed by atoms with Crippen LogP contribution in [0.2, 0.25) is 0 Å². The number of nitro benzene ring substituents is 1. The van der Waals surface area contributed by atoms with Gasteiger partial charge in [0.25, 0.3) is 17.4 Å². The highest BCUT2D eigenvalue weighted by Gasteiger charge is 2.47. The zero-order valence-corrected chi connectivity index (χ0v) is 21.4. The highest BCUT2D eigenvalue weighted by atomic mass is 16.6. The predicted molar refractivity (Wildman–Crippen MR) is 144 cm³/mol. The first-order chi connectivity index (χ1) is 17.9. The van der Waals surface area contributed by atoms with E-state index in [0.717, 1.165) is 5.56 Å². The van der Waals surface area contributed by atoms with Gasteiger partial charge in [-0.05, 0) is 52.9 Å². The Labute approximate surface area is 219 Å². The molecule has 1 heterocycles. The van der Waals surface area contributed by atoms with Crippen LogP contribution in [0.25, 0.3) is 5.76 Å². The van der Waals surface area contributed by atoms with Crippen molar-refractivity contribution in [2.45, 2.75) is 39.2 Å². The van der Waals surface area contributed by atoms with Crippen LogP contribution < -0.4 is 10.2 Å². The molecule has 194 valence electrons. The summed E-state index contributed by atoms with van der Waals surface area (Å²) in [5.41, 5.74) is 2.32. The summed E-state index contributed by atoms with van der Waals surface area (Å²) in [4.78, 5) is 49.9. The van der Waals surface area contributed by atoms with Gasteiger partial charge >= 0.3 is 0 Å². The minimum atomic E-state index is -0.953. The van der Waals surface area contributed by atoms with E-state index in [1.807, 2.05) is 24.3 Å². The number of amides is 2. The average Bonchev–Trinajstić information content (AvgIpc) is 3.13. The fraction of sp³-hybridized carbons (Fsp3) is 0.207. The molecule has 1 aliphatic rings. The van der Waals surface area contributed by atoms with E-state index >= 15 is 0 Å². The molecule has 3 aromatic rings. The van der Waals surface area contributed by atoms with Gasteiger partial charge in [-0.25, -0.2) is 0 Å². The normalized spacial score (nSPS) is 16.9. The van der Waals surface area contributed by atoms with Crippen LogP contribution in [0.5, 0.6) is 0 Å². The van der Waals surface area contributed by atoms with Crippen LogP contribution in [0.1, 0.15) is 50.4 Å². The number of benzene rings is 3. The number of hydrogen-bond acceptors (Lipinski definition) is 6. The monoisotopic (exact) mass is 513 g/mol. The van der Waals surface area contributed by atoms with Gasteiger partial charge < -0.3 is 10.4 Å². The first kappa shape index (κ1) is 26.3. The van der Waals surface area contributed by atoms with Gasteiger partial charge in [-0.2, -0.15) is 0 Å². The lowest BCUT2D eigenvalue weighted by molar-refractivity contribution is -0.384. The van der Waals surface area contributed by atoms with Gasteiger partial charge in [0, 0.05) is 36.0 Å². The Balaban J connectivity index is 1.87. The number of aliphatic hydroxyl groups is 1. The second-order valence-electron chi connectivity index (χ2n) is 10.1. The van der Waals surface area contributed by atoms with Gasteiger partial charge in [-0.1, -0.05) is 45.0 Å². The molecule has 0 bridgehead atoms. The van der Waals surface area contributed by atoms with E-state index in [1.165, 1.54) is 36.1 Å².